The highest BCUT2D eigenvalue weighted by Gasteiger charge is 2.55. The fourth-order valence-corrected chi connectivity index (χ4v) is 7.50. The van der Waals surface area contributed by atoms with E-state index in [0.29, 0.717) is 13.1 Å². The second kappa shape index (κ2) is 12.2. The molecule has 200 valence electrons. The monoisotopic (exact) mass is 553 g/mol. The van der Waals surface area contributed by atoms with Gasteiger partial charge in [0.1, 0.15) is 0 Å². The van der Waals surface area contributed by atoms with Gasteiger partial charge in [0, 0.05) is 45.0 Å². The Hall–Kier alpha value is -1.48. The Morgan fingerprint density at radius 1 is 0.971 bits per heavy atom. The first kappa shape index (κ1) is 29.7. The number of nitrogens with two attached hydrogens (primary N) is 1. The summed E-state index contributed by atoms with van der Waals surface area (Å²) in [5, 5.41) is 14.4. The van der Waals surface area contributed by atoms with Crippen LogP contribution in [-0.2, 0) is 31.4 Å². The number of carbonyl (C=O) groups is 1. The van der Waals surface area contributed by atoms with Crippen molar-refractivity contribution in [3.05, 3.63) is 29.8 Å². The Balaban J connectivity index is 0.00000432. The molecule has 3 rings (SSSR count). The predicted molar refractivity (Wildman–Crippen MR) is 136 cm³/mol. The lowest BCUT2D eigenvalue weighted by Gasteiger charge is -2.43. The van der Waals surface area contributed by atoms with Crippen LogP contribution in [0.1, 0.15) is 44.6 Å². The van der Waals surface area contributed by atoms with Crippen LogP contribution in [0.25, 0.3) is 0 Å². The van der Waals surface area contributed by atoms with Gasteiger partial charge in [0.2, 0.25) is 10.0 Å². The first-order chi connectivity index (χ1) is 16.0. The zero-order chi connectivity index (χ0) is 25.0. The average molecular weight is 554 g/mol. The number of halogens is 1. The maximum absolute atomic E-state index is 13.6. The summed E-state index contributed by atoms with van der Waals surface area (Å²) in [6, 6.07) is 8.31. The highest BCUT2D eigenvalue weighted by atomic mass is 35.5. The lowest BCUT2D eigenvalue weighted by atomic mass is 9.96. The van der Waals surface area contributed by atoms with Crippen molar-refractivity contribution in [3.8, 4) is 0 Å². The standard InChI is InChI=1S/C21H35N5O6S2.ClH/c1-2-3-4-5-18-6-8-19(9-7-18)24-14-16-25(17-15-24)33(29,30)21(20(27)23-28)10-12-26(13-11-21)34(22,31)32;/h6-9,28H,2-5,10-17H2,1H3,(H,23,27)(H2,22,31,32);1H. The molecule has 4 N–H and O–H groups in total. The van der Waals surface area contributed by atoms with Gasteiger partial charge in [0.15, 0.2) is 4.75 Å². The van der Waals surface area contributed by atoms with E-state index in [1.165, 1.54) is 28.2 Å². The number of hydrogen-bond acceptors (Lipinski definition) is 7. The molecule has 0 saturated carbocycles. The number of aryl methyl sites for hydroxylation is 1. The first-order valence-electron chi connectivity index (χ1n) is 11.6. The average Bonchev–Trinajstić information content (AvgIpc) is 2.83. The van der Waals surface area contributed by atoms with Gasteiger partial charge in [-0.2, -0.15) is 17.0 Å². The summed E-state index contributed by atoms with van der Waals surface area (Å²) in [7, 11) is -8.18. The van der Waals surface area contributed by atoms with Crippen molar-refractivity contribution < 1.29 is 26.8 Å². The Bertz CT molecular complexity index is 1050. The number of unbranched alkanes of at least 4 members (excludes halogenated alkanes) is 2. The summed E-state index contributed by atoms with van der Waals surface area (Å²) in [5.74, 6) is -1.05. The van der Waals surface area contributed by atoms with Crippen LogP contribution in [0.15, 0.2) is 24.3 Å². The number of anilines is 1. The van der Waals surface area contributed by atoms with E-state index < -0.39 is 30.9 Å². The number of benzene rings is 1. The summed E-state index contributed by atoms with van der Waals surface area (Å²) >= 11 is 0. The van der Waals surface area contributed by atoms with Gasteiger partial charge in [0.25, 0.3) is 16.1 Å². The topological polar surface area (TPSA) is 153 Å². The number of amides is 1. The fraction of sp³-hybridized carbons (Fsp3) is 0.667. The first-order valence-corrected chi connectivity index (χ1v) is 14.6. The van der Waals surface area contributed by atoms with Crippen LogP contribution < -0.4 is 15.5 Å². The zero-order valence-corrected chi connectivity index (χ0v) is 22.4. The van der Waals surface area contributed by atoms with Crippen LogP contribution in [0.4, 0.5) is 5.69 Å². The van der Waals surface area contributed by atoms with Gasteiger partial charge in [-0.15, -0.1) is 12.4 Å². The molecule has 14 heteroatoms. The van der Waals surface area contributed by atoms with Crippen LogP contribution in [-0.4, -0.2) is 80.6 Å². The van der Waals surface area contributed by atoms with Gasteiger partial charge in [-0.25, -0.2) is 19.0 Å². The number of sulfonamides is 1. The molecule has 2 saturated heterocycles. The molecule has 1 aromatic carbocycles. The smallest absolute Gasteiger partial charge is 0.276 e. The van der Waals surface area contributed by atoms with Crippen LogP contribution in [0.2, 0.25) is 0 Å². The van der Waals surface area contributed by atoms with Crippen molar-refractivity contribution in [1.82, 2.24) is 14.1 Å². The summed E-state index contributed by atoms with van der Waals surface area (Å²) in [5.41, 5.74) is 3.77. The summed E-state index contributed by atoms with van der Waals surface area (Å²) in [4.78, 5) is 14.7. The number of nitrogens with one attached hydrogen (secondary N) is 1. The van der Waals surface area contributed by atoms with E-state index >= 15 is 0 Å². The van der Waals surface area contributed by atoms with Gasteiger partial charge >= 0.3 is 0 Å². The third kappa shape index (κ3) is 6.45. The Labute approximate surface area is 214 Å². The van der Waals surface area contributed by atoms with Gasteiger partial charge in [0.05, 0.1) is 0 Å². The van der Waals surface area contributed by atoms with Crippen molar-refractivity contribution in [2.24, 2.45) is 5.14 Å². The molecule has 2 aliphatic heterocycles. The maximum atomic E-state index is 13.6. The summed E-state index contributed by atoms with van der Waals surface area (Å²) in [6.45, 7) is 2.99. The van der Waals surface area contributed by atoms with Crippen molar-refractivity contribution >= 4 is 44.2 Å². The van der Waals surface area contributed by atoms with E-state index in [1.807, 2.05) is 0 Å². The Morgan fingerprint density at radius 2 is 1.54 bits per heavy atom. The number of carbonyl (C=O) groups excluding carboxylic acids is 1. The molecule has 2 heterocycles. The van der Waals surface area contributed by atoms with Crippen molar-refractivity contribution in [1.29, 1.82) is 0 Å². The van der Waals surface area contributed by atoms with Crippen LogP contribution in [0, 0.1) is 0 Å². The van der Waals surface area contributed by atoms with Crippen molar-refractivity contribution in [3.63, 3.8) is 0 Å². The third-order valence-electron chi connectivity index (χ3n) is 6.85. The fourth-order valence-electron chi connectivity index (χ4n) is 4.69. The lowest BCUT2D eigenvalue weighted by molar-refractivity contribution is -0.133. The van der Waals surface area contributed by atoms with E-state index in [9.17, 15) is 26.8 Å². The largest absolute Gasteiger partial charge is 0.369 e. The second-order valence-electron chi connectivity index (χ2n) is 8.89. The van der Waals surface area contributed by atoms with Gasteiger partial charge in [-0.3, -0.25) is 10.0 Å². The third-order valence-corrected chi connectivity index (χ3v) is 10.6. The van der Waals surface area contributed by atoms with Crippen LogP contribution >= 0.6 is 12.4 Å². The quantitative estimate of drug-likeness (QED) is 0.232. The molecule has 35 heavy (non-hydrogen) atoms. The number of piperazine rings is 1. The van der Waals surface area contributed by atoms with Crippen LogP contribution in [0.3, 0.4) is 0 Å². The maximum Gasteiger partial charge on any atom is 0.276 e. The number of hydrogen-bond donors (Lipinski definition) is 3. The number of hydroxylamine groups is 1. The molecule has 0 bridgehead atoms. The van der Waals surface area contributed by atoms with Crippen LogP contribution in [0.5, 0.6) is 0 Å². The van der Waals surface area contributed by atoms with E-state index in [1.54, 1.807) is 0 Å². The molecule has 2 aliphatic rings. The molecule has 0 aliphatic carbocycles. The number of piperidine rings is 1. The Morgan fingerprint density at radius 3 is 2.03 bits per heavy atom. The minimum absolute atomic E-state index is 0. The second-order valence-corrected chi connectivity index (χ2v) is 12.7. The van der Waals surface area contributed by atoms with E-state index in [-0.39, 0.29) is 51.4 Å². The highest BCUT2D eigenvalue weighted by Crippen LogP contribution is 2.35. The minimum atomic E-state index is -4.18. The van der Waals surface area contributed by atoms with Gasteiger partial charge in [-0.05, 0) is 43.4 Å². The van der Waals surface area contributed by atoms with Gasteiger partial charge < -0.3 is 4.90 Å². The predicted octanol–water partition coefficient (Wildman–Crippen LogP) is 0.836. The molecular weight excluding hydrogens is 518 g/mol. The zero-order valence-electron chi connectivity index (χ0n) is 19.9. The van der Waals surface area contributed by atoms with Crippen molar-refractivity contribution in [2.45, 2.75) is 50.2 Å². The summed E-state index contributed by atoms with van der Waals surface area (Å²) in [6.07, 6.45) is 3.99. The van der Waals surface area contributed by atoms with E-state index in [2.05, 4.69) is 36.1 Å². The normalized spacial score (nSPS) is 19.7. The molecule has 1 aromatic rings. The minimum Gasteiger partial charge on any atom is -0.369 e. The Kier molecular flexibility index (Phi) is 10.3. The highest BCUT2D eigenvalue weighted by molar-refractivity contribution is 7.91. The van der Waals surface area contributed by atoms with E-state index in [0.717, 1.165) is 22.8 Å². The molecule has 11 nitrogen and oxygen atoms in total. The summed E-state index contributed by atoms with van der Waals surface area (Å²) < 4.78 is 50.7. The lowest BCUT2D eigenvalue weighted by Crippen LogP contribution is -2.64. The molecule has 0 atom stereocenters. The van der Waals surface area contributed by atoms with Crippen molar-refractivity contribution in [2.75, 3.05) is 44.2 Å². The molecule has 0 spiro atoms. The molecule has 0 radical (unpaired) electrons. The molecule has 0 aromatic heterocycles. The SMILES string of the molecule is CCCCCc1ccc(N2CCN(S(=O)(=O)C3(C(=O)NO)CCN(S(N)(=O)=O)CC3)CC2)cc1.Cl. The number of nitrogens with zero attached hydrogens (tertiary/aromatic N) is 3. The number of rotatable bonds is 9. The van der Waals surface area contributed by atoms with E-state index in [4.69, 9.17) is 5.14 Å². The van der Waals surface area contributed by atoms with Gasteiger partial charge in [-0.1, -0.05) is 31.9 Å². The molecule has 2 fully saturated rings. The molecule has 1 amide bonds. The molecule has 0 unspecified atom stereocenters. The molecular formula is C21H36ClN5O6S2.